The molecule has 1 aromatic rings. The Morgan fingerprint density at radius 2 is 2.00 bits per heavy atom. The first-order valence-corrected chi connectivity index (χ1v) is 9.18. The number of nitrogens with one attached hydrogen (secondary N) is 1. The Balaban J connectivity index is 1.47. The summed E-state index contributed by atoms with van der Waals surface area (Å²) in [4.78, 5) is 28.7. The van der Waals surface area contributed by atoms with Gasteiger partial charge in [-0.05, 0) is 18.9 Å². The molecule has 25 heavy (non-hydrogen) atoms. The fourth-order valence-corrected chi connectivity index (χ4v) is 4.30. The van der Waals surface area contributed by atoms with E-state index in [2.05, 4.69) is 10.2 Å². The standard InChI is InChI=1S/C18H26N4O3/c1-11(2)16(24)21-6-13-7-22(9-18(13,8-21)10-23)17(25)15-5-14(19-20-15)12-3-4-12/h5,11-13,23H,3-4,6-10H2,1-2H3,(H,19,20)/t13-,18+/m1/s1. The fraction of sp³-hybridized carbons (Fsp3) is 0.722. The highest BCUT2D eigenvalue weighted by Gasteiger charge is 2.54. The van der Waals surface area contributed by atoms with Crippen LogP contribution in [0.5, 0.6) is 0 Å². The second kappa shape index (κ2) is 5.83. The molecule has 0 unspecified atom stereocenters. The van der Waals surface area contributed by atoms with Gasteiger partial charge < -0.3 is 14.9 Å². The number of hydrogen-bond donors (Lipinski definition) is 2. The molecule has 4 rings (SSSR count). The normalized spacial score (nSPS) is 28.7. The van der Waals surface area contributed by atoms with Crippen LogP contribution in [0.4, 0.5) is 0 Å². The van der Waals surface area contributed by atoms with Crippen molar-refractivity contribution in [1.82, 2.24) is 20.0 Å². The second-order valence-electron chi connectivity index (χ2n) is 8.26. The first-order chi connectivity index (χ1) is 11.9. The molecule has 1 aromatic heterocycles. The molecular formula is C18H26N4O3. The number of hydrogen-bond acceptors (Lipinski definition) is 4. The SMILES string of the molecule is CC(C)C(=O)N1C[C@@H]2CN(C(=O)c3cc(C4CC4)[nH]n3)C[C@]2(CO)C1. The Morgan fingerprint density at radius 3 is 2.60 bits per heavy atom. The van der Waals surface area contributed by atoms with E-state index in [1.165, 1.54) is 0 Å². The van der Waals surface area contributed by atoms with E-state index in [1.807, 2.05) is 24.8 Å². The van der Waals surface area contributed by atoms with E-state index in [-0.39, 0.29) is 30.3 Å². The van der Waals surface area contributed by atoms with Crippen LogP contribution in [0.2, 0.25) is 0 Å². The molecule has 0 bridgehead atoms. The number of fused-ring (bicyclic) bond motifs is 1. The lowest BCUT2D eigenvalue weighted by Crippen LogP contribution is -2.41. The quantitative estimate of drug-likeness (QED) is 0.845. The summed E-state index contributed by atoms with van der Waals surface area (Å²) in [6, 6.07) is 1.87. The number of nitrogens with zero attached hydrogens (tertiary/aromatic N) is 3. The number of likely N-dealkylation sites (tertiary alicyclic amines) is 2. The number of amides is 2. The molecule has 3 aliphatic rings. The van der Waals surface area contributed by atoms with Crippen molar-refractivity contribution in [2.24, 2.45) is 17.3 Å². The van der Waals surface area contributed by atoms with E-state index in [0.29, 0.717) is 37.8 Å². The Morgan fingerprint density at radius 1 is 1.32 bits per heavy atom. The molecule has 1 aliphatic carbocycles. The van der Waals surface area contributed by atoms with E-state index >= 15 is 0 Å². The summed E-state index contributed by atoms with van der Waals surface area (Å²) >= 11 is 0. The van der Waals surface area contributed by atoms with Gasteiger partial charge in [0.25, 0.3) is 5.91 Å². The average Bonchev–Trinajstić information content (AvgIpc) is 3.07. The molecule has 7 nitrogen and oxygen atoms in total. The predicted molar refractivity (Wildman–Crippen MR) is 90.9 cm³/mol. The van der Waals surface area contributed by atoms with E-state index in [1.54, 1.807) is 4.90 Å². The smallest absolute Gasteiger partial charge is 0.274 e. The third-order valence-electron chi connectivity index (χ3n) is 6.00. The molecule has 2 atom stereocenters. The van der Waals surface area contributed by atoms with Crippen molar-refractivity contribution in [3.05, 3.63) is 17.5 Å². The Labute approximate surface area is 147 Å². The van der Waals surface area contributed by atoms with Crippen molar-refractivity contribution in [1.29, 1.82) is 0 Å². The molecule has 2 saturated heterocycles. The van der Waals surface area contributed by atoms with Crippen LogP contribution in [0.3, 0.4) is 0 Å². The first-order valence-electron chi connectivity index (χ1n) is 9.18. The van der Waals surface area contributed by atoms with Crippen LogP contribution in [0.15, 0.2) is 6.07 Å². The van der Waals surface area contributed by atoms with Gasteiger partial charge in [-0.2, -0.15) is 5.10 Å². The Kier molecular flexibility index (Phi) is 3.86. The number of H-pyrrole nitrogens is 1. The van der Waals surface area contributed by atoms with Crippen LogP contribution < -0.4 is 0 Å². The summed E-state index contributed by atoms with van der Waals surface area (Å²) < 4.78 is 0. The zero-order chi connectivity index (χ0) is 17.8. The number of rotatable bonds is 4. The molecule has 0 radical (unpaired) electrons. The minimum absolute atomic E-state index is 0.00277. The van der Waals surface area contributed by atoms with Gasteiger partial charge in [0.15, 0.2) is 0 Å². The number of aromatic nitrogens is 2. The van der Waals surface area contributed by atoms with Gasteiger partial charge in [-0.3, -0.25) is 14.7 Å². The van der Waals surface area contributed by atoms with Gasteiger partial charge in [-0.25, -0.2) is 0 Å². The minimum atomic E-state index is -0.393. The summed E-state index contributed by atoms with van der Waals surface area (Å²) in [6.07, 6.45) is 2.32. The molecule has 3 heterocycles. The van der Waals surface area contributed by atoms with Crippen molar-refractivity contribution in [2.45, 2.75) is 32.6 Å². The van der Waals surface area contributed by atoms with E-state index < -0.39 is 5.41 Å². The lowest BCUT2D eigenvalue weighted by molar-refractivity contribution is -0.134. The van der Waals surface area contributed by atoms with Gasteiger partial charge in [-0.15, -0.1) is 0 Å². The topological polar surface area (TPSA) is 89.5 Å². The highest BCUT2D eigenvalue weighted by atomic mass is 16.3. The maximum Gasteiger partial charge on any atom is 0.274 e. The number of carbonyl (C=O) groups is 2. The number of aliphatic hydroxyl groups excluding tert-OH is 1. The minimum Gasteiger partial charge on any atom is -0.396 e. The fourth-order valence-electron chi connectivity index (χ4n) is 4.30. The first kappa shape index (κ1) is 16.6. The lowest BCUT2D eigenvalue weighted by atomic mass is 9.82. The third kappa shape index (κ3) is 2.74. The zero-order valence-corrected chi connectivity index (χ0v) is 14.9. The maximum atomic E-state index is 12.8. The molecular weight excluding hydrogens is 320 g/mol. The molecule has 0 spiro atoms. The summed E-state index contributed by atoms with van der Waals surface area (Å²) in [6.45, 7) is 6.00. The van der Waals surface area contributed by atoms with Crippen LogP contribution in [-0.2, 0) is 4.79 Å². The van der Waals surface area contributed by atoms with Gasteiger partial charge in [0.2, 0.25) is 5.91 Å². The Bertz CT molecular complexity index is 696. The molecule has 136 valence electrons. The molecule has 7 heteroatoms. The molecule has 0 aromatic carbocycles. The maximum absolute atomic E-state index is 12.8. The van der Waals surface area contributed by atoms with Crippen molar-refractivity contribution in [2.75, 3.05) is 32.8 Å². The van der Waals surface area contributed by atoms with Gasteiger partial charge in [0.1, 0.15) is 5.69 Å². The summed E-state index contributed by atoms with van der Waals surface area (Å²) in [5.41, 5.74) is 1.12. The van der Waals surface area contributed by atoms with E-state index in [0.717, 1.165) is 18.5 Å². The third-order valence-corrected chi connectivity index (χ3v) is 6.00. The predicted octanol–water partition coefficient (Wildman–Crippen LogP) is 0.836. The van der Waals surface area contributed by atoms with Crippen LogP contribution in [-0.4, -0.2) is 69.7 Å². The molecule has 2 aliphatic heterocycles. The number of carbonyl (C=O) groups excluding carboxylic acids is 2. The van der Waals surface area contributed by atoms with Crippen LogP contribution >= 0.6 is 0 Å². The van der Waals surface area contributed by atoms with E-state index in [9.17, 15) is 14.7 Å². The number of aliphatic hydroxyl groups is 1. The molecule has 3 fully saturated rings. The van der Waals surface area contributed by atoms with Crippen molar-refractivity contribution in [3.8, 4) is 0 Å². The largest absolute Gasteiger partial charge is 0.396 e. The van der Waals surface area contributed by atoms with Crippen molar-refractivity contribution in [3.63, 3.8) is 0 Å². The van der Waals surface area contributed by atoms with Gasteiger partial charge in [0.05, 0.1) is 6.61 Å². The van der Waals surface area contributed by atoms with Crippen LogP contribution in [0.25, 0.3) is 0 Å². The second-order valence-corrected chi connectivity index (χ2v) is 8.26. The zero-order valence-electron chi connectivity index (χ0n) is 14.9. The van der Waals surface area contributed by atoms with Gasteiger partial charge in [0, 0.05) is 55.0 Å². The van der Waals surface area contributed by atoms with Crippen molar-refractivity contribution < 1.29 is 14.7 Å². The van der Waals surface area contributed by atoms with Crippen LogP contribution in [0.1, 0.15) is 48.8 Å². The highest BCUT2D eigenvalue weighted by molar-refractivity contribution is 5.92. The molecule has 2 amide bonds. The van der Waals surface area contributed by atoms with E-state index in [4.69, 9.17) is 0 Å². The van der Waals surface area contributed by atoms with Crippen LogP contribution in [0, 0.1) is 17.3 Å². The average molecular weight is 346 g/mol. The lowest BCUT2D eigenvalue weighted by Gasteiger charge is -2.27. The molecule has 1 saturated carbocycles. The number of aromatic amines is 1. The monoisotopic (exact) mass is 346 g/mol. The van der Waals surface area contributed by atoms with Gasteiger partial charge in [-0.1, -0.05) is 13.8 Å². The highest BCUT2D eigenvalue weighted by Crippen LogP contribution is 2.43. The van der Waals surface area contributed by atoms with Crippen molar-refractivity contribution >= 4 is 11.8 Å². The summed E-state index contributed by atoms with van der Waals surface area (Å²) in [5.74, 6) is 0.670. The summed E-state index contributed by atoms with van der Waals surface area (Å²) in [5, 5.41) is 17.2. The van der Waals surface area contributed by atoms with Gasteiger partial charge >= 0.3 is 0 Å². The molecule has 2 N–H and O–H groups in total. The summed E-state index contributed by atoms with van der Waals surface area (Å²) in [7, 11) is 0. The Hall–Kier alpha value is -1.89.